The molecule has 0 spiro atoms. The third-order valence-corrected chi connectivity index (χ3v) is 3.58. The van der Waals surface area contributed by atoms with Crippen LogP contribution < -0.4 is 5.32 Å². The van der Waals surface area contributed by atoms with Crippen LogP contribution >= 0.6 is 11.6 Å². The van der Waals surface area contributed by atoms with Gasteiger partial charge in [0.1, 0.15) is 6.33 Å². The summed E-state index contributed by atoms with van der Waals surface area (Å²) in [5.41, 5.74) is 2.18. The minimum absolute atomic E-state index is 0.192. The summed E-state index contributed by atoms with van der Waals surface area (Å²) in [6, 6.07) is 15.0. The standard InChI is InChI=1S/C16H14ClN5O/c17-13-6-7-14(15(10-13)22-11-19-20-21-22)16(23)18-9-8-12-4-2-1-3-5-12/h1-7,10-11H,8-9H2,(H,18,23). The third-order valence-electron chi connectivity index (χ3n) is 3.34. The maximum Gasteiger partial charge on any atom is 0.253 e. The molecular formula is C16H14ClN5O. The first-order valence-electron chi connectivity index (χ1n) is 7.09. The Bertz CT molecular complexity index is 789. The Balaban J connectivity index is 1.72. The van der Waals surface area contributed by atoms with Gasteiger partial charge in [-0.05, 0) is 40.6 Å². The monoisotopic (exact) mass is 327 g/mol. The van der Waals surface area contributed by atoms with Crippen LogP contribution in [0.2, 0.25) is 5.02 Å². The van der Waals surface area contributed by atoms with Crippen molar-refractivity contribution < 1.29 is 4.79 Å². The maximum atomic E-state index is 12.4. The number of benzene rings is 2. The van der Waals surface area contributed by atoms with E-state index in [4.69, 9.17) is 11.6 Å². The van der Waals surface area contributed by atoms with E-state index in [9.17, 15) is 4.79 Å². The molecule has 3 aromatic rings. The number of carbonyl (C=O) groups excluding carboxylic acids is 1. The molecule has 0 bridgehead atoms. The van der Waals surface area contributed by atoms with E-state index in [0.29, 0.717) is 22.8 Å². The molecule has 7 heteroatoms. The number of carbonyl (C=O) groups is 1. The van der Waals surface area contributed by atoms with Gasteiger partial charge in [-0.1, -0.05) is 41.9 Å². The highest BCUT2D eigenvalue weighted by Crippen LogP contribution is 2.19. The van der Waals surface area contributed by atoms with Crippen LogP contribution in [0.15, 0.2) is 54.9 Å². The Hall–Kier alpha value is -2.73. The summed E-state index contributed by atoms with van der Waals surface area (Å²) in [5.74, 6) is -0.192. The zero-order chi connectivity index (χ0) is 16.1. The molecule has 0 saturated carbocycles. The van der Waals surface area contributed by atoms with Crippen molar-refractivity contribution in [3.63, 3.8) is 0 Å². The van der Waals surface area contributed by atoms with Crippen molar-refractivity contribution in [2.75, 3.05) is 6.54 Å². The van der Waals surface area contributed by atoms with Crippen molar-refractivity contribution in [2.45, 2.75) is 6.42 Å². The van der Waals surface area contributed by atoms with Crippen LogP contribution in [-0.4, -0.2) is 32.7 Å². The first kappa shape index (κ1) is 15.2. The highest BCUT2D eigenvalue weighted by Gasteiger charge is 2.14. The molecule has 0 radical (unpaired) electrons. The van der Waals surface area contributed by atoms with Gasteiger partial charge in [0.15, 0.2) is 0 Å². The maximum absolute atomic E-state index is 12.4. The summed E-state index contributed by atoms with van der Waals surface area (Å²) in [6.07, 6.45) is 2.19. The Labute approximate surface area is 138 Å². The van der Waals surface area contributed by atoms with E-state index in [1.165, 1.54) is 16.6 Å². The van der Waals surface area contributed by atoms with Gasteiger partial charge >= 0.3 is 0 Å². The van der Waals surface area contributed by atoms with Crippen molar-refractivity contribution in [3.05, 3.63) is 71.0 Å². The lowest BCUT2D eigenvalue weighted by Gasteiger charge is -2.10. The number of rotatable bonds is 5. The highest BCUT2D eigenvalue weighted by atomic mass is 35.5. The number of hydrogen-bond donors (Lipinski definition) is 1. The van der Waals surface area contributed by atoms with Crippen LogP contribution in [0.3, 0.4) is 0 Å². The van der Waals surface area contributed by atoms with Gasteiger partial charge in [0.25, 0.3) is 5.91 Å². The first-order chi connectivity index (χ1) is 11.2. The highest BCUT2D eigenvalue weighted by molar-refractivity contribution is 6.31. The fourth-order valence-corrected chi connectivity index (χ4v) is 2.38. The molecule has 1 amide bonds. The van der Waals surface area contributed by atoms with Crippen molar-refractivity contribution >= 4 is 17.5 Å². The molecule has 0 aliphatic heterocycles. The average Bonchev–Trinajstić information content (AvgIpc) is 3.10. The van der Waals surface area contributed by atoms with Crippen LogP contribution in [0.25, 0.3) is 5.69 Å². The molecule has 0 atom stereocenters. The second-order valence-corrected chi connectivity index (χ2v) is 5.34. The predicted octanol–water partition coefficient (Wildman–Crippen LogP) is 2.29. The molecule has 0 unspecified atom stereocenters. The second kappa shape index (κ2) is 7.02. The Kier molecular flexibility index (Phi) is 4.63. The van der Waals surface area contributed by atoms with Gasteiger partial charge in [-0.25, -0.2) is 0 Å². The lowest BCUT2D eigenvalue weighted by molar-refractivity contribution is 0.0954. The minimum Gasteiger partial charge on any atom is -0.352 e. The molecule has 0 aliphatic rings. The normalized spacial score (nSPS) is 10.5. The van der Waals surface area contributed by atoms with Gasteiger partial charge in [0.2, 0.25) is 0 Å². The number of aromatic nitrogens is 4. The minimum atomic E-state index is -0.192. The molecule has 2 aromatic carbocycles. The number of amides is 1. The predicted molar refractivity (Wildman–Crippen MR) is 86.6 cm³/mol. The van der Waals surface area contributed by atoms with Crippen molar-refractivity contribution in [1.82, 2.24) is 25.5 Å². The molecule has 3 rings (SSSR count). The number of hydrogen-bond acceptors (Lipinski definition) is 4. The topological polar surface area (TPSA) is 72.7 Å². The van der Waals surface area contributed by atoms with Gasteiger partial charge in [-0.15, -0.1) is 5.10 Å². The SMILES string of the molecule is O=C(NCCc1ccccc1)c1ccc(Cl)cc1-n1cnnn1. The molecule has 0 fully saturated rings. The van der Waals surface area contributed by atoms with E-state index < -0.39 is 0 Å². The molecule has 1 N–H and O–H groups in total. The van der Waals surface area contributed by atoms with Crippen molar-refractivity contribution in [2.24, 2.45) is 0 Å². The van der Waals surface area contributed by atoms with Crippen LogP contribution in [0.4, 0.5) is 0 Å². The van der Waals surface area contributed by atoms with Gasteiger partial charge in [-0.3, -0.25) is 4.79 Å². The quantitative estimate of drug-likeness (QED) is 0.780. The van der Waals surface area contributed by atoms with Gasteiger partial charge in [0.05, 0.1) is 11.3 Å². The summed E-state index contributed by atoms with van der Waals surface area (Å²) >= 11 is 6.01. The number of nitrogens with zero attached hydrogens (tertiary/aromatic N) is 4. The van der Waals surface area contributed by atoms with Crippen molar-refractivity contribution in [3.8, 4) is 5.69 Å². The summed E-state index contributed by atoms with van der Waals surface area (Å²) in [6.45, 7) is 0.542. The summed E-state index contributed by atoms with van der Waals surface area (Å²) < 4.78 is 1.41. The molecular weight excluding hydrogens is 314 g/mol. The van der Waals surface area contributed by atoms with Crippen LogP contribution in [0, 0.1) is 0 Å². The van der Waals surface area contributed by atoms with E-state index in [1.54, 1.807) is 18.2 Å². The number of halogens is 1. The second-order valence-electron chi connectivity index (χ2n) is 4.91. The lowest BCUT2D eigenvalue weighted by Crippen LogP contribution is -2.27. The fourth-order valence-electron chi connectivity index (χ4n) is 2.22. The Morgan fingerprint density at radius 2 is 2.00 bits per heavy atom. The smallest absolute Gasteiger partial charge is 0.253 e. The van der Waals surface area contributed by atoms with Gasteiger partial charge < -0.3 is 5.32 Å². The van der Waals surface area contributed by atoms with Crippen LogP contribution in [-0.2, 0) is 6.42 Å². The Morgan fingerprint density at radius 1 is 1.17 bits per heavy atom. The largest absolute Gasteiger partial charge is 0.352 e. The lowest BCUT2D eigenvalue weighted by atomic mass is 10.1. The number of nitrogens with one attached hydrogen (secondary N) is 1. The molecule has 1 heterocycles. The average molecular weight is 328 g/mol. The summed E-state index contributed by atoms with van der Waals surface area (Å²) in [5, 5.41) is 14.4. The molecule has 23 heavy (non-hydrogen) atoms. The van der Waals surface area contributed by atoms with E-state index in [2.05, 4.69) is 20.8 Å². The van der Waals surface area contributed by atoms with Crippen molar-refractivity contribution in [1.29, 1.82) is 0 Å². The summed E-state index contributed by atoms with van der Waals surface area (Å²) in [4.78, 5) is 12.4. The molecule has 116 valence electrons. The van der Waals surface area contributed by atoms with Crippen LogP contribution in [0.5, 0.6) is 0 Å². The molecule has 0 aliphatic carbocycles. The number of tetrazole rings is 1. The van der Waals surface area contributed by atoms with Gasteiger partial charge in [-0.2, -0.15) is 4.68 Å². The van der Waals surface area contributed by atoms with Gasteiger partial charge in [0, 0.05) is 11.6 Å². The Morgan fingerprint density at radius 3 is 2.74 bits per heavy atom. The van der Waals surface area contributed by atoms with E-state index in [0.717, 1.165) is 6.42 Å². The molecule has 1 aromatic heterocycles. The van der Waals surface area contributed by atoms with E-state index in [1.807, 2.05) is 30.3 Å². The fraction of sp³-hybridized carbons (Fsp3) is 0.125. The third kappa shape index (κ3) is 3.73. The zero-order valence-electron chi connectivity index (χ0n) is 12.2. The van der Waals surface area contributed by atoms with E-state index in [-0.39, 0.29) is 5.91 Å². The molecule has 6 nitrogen and oxygen atoms in total. The van der Waals surface area contributed by atoms with Crippen LogP contribution in [0.1, 0.15) is 15.9 Å². The first-order valence-corrected chi connectivity index (χ1v) is 7.47. The van der Waals surface area contributed by atoms with E-state index >= 15 is 0 Å². The summed E-state index contributed by atoms with van der Waals surface area (Å²) in [7, 11) is 0. The zero-order valence-corrected chi connectivity index (χ0v) is 12.9. The molecule has 0 saturated heterocycles.